The summed E-state index contributed by atoms with van der Waals surface area (Å²) >= 11 is 0. The molecule has 0 N–H and O–H groups in total. The Bertz CT molecular complexity index is 7470. The molecule has 0 saturated heterocycles. The second-order valence-corrected chi connectivity index (χ2v) is 35.7. The van der Waals surface area contributed by atoms with Crippen molar-refractivity contribution in [3.63, 3.8) is 0 Å². The van der Waals surface area contributed by atoms with E-state index in [1.54, 1.807) is 0 Å². The van der Waals surface area contributed by atoms with E-state index in [9.17, 15) is 0 Å². The molecule has 5 aliphatic heterocycles. The third-order valence-corrected chi connectivity index (χ3v) is 26.8. The van der Waals surface area contributed by atoms with Gasteiger partial charge >= 0.3 is 0 Å². The topological polar surface area (TPSA) is 17.9 Å². The number of fused-ring (bicyclic) bond motifs is 12. The van der Waals surface area contributed by atoms with Gasteiger partial charge in [-0.1, -0.05) is 387 Å². The van der Waals surface area contributed by atoms with Crippen LogP contribution in [0.5, 0.6) is 0 Å². The molecule has 0 saturated carbocycles. The van der Waals surface area contributed by atoms with Crippen LogP contribution >= 0.6 is 0 Å². The number of para-hydroxylation sites is 6. The normalized spacial score (nSPS) is 13.2. The first-order chi connectivity index (χ1) is 60.4. The van der Waals surface area contributed by atoms with Crippen LogP contribution in [0.25, 0.3) is 116 Å². The molecule has 0 aliphatic carbocycles. The summed E-state index contributed by atoms with van der Waals surface area (Å²) in [6, 6.07) is 155. The van der Waals surface area contributed by atoms with E-state index in [4.69, 9.17) is 0 Å². The zero-order valence-electron chi connectivity index (χ0n) is 69.6. The molecule has 6 heterocycles. The van der Waals surface area contributed by atoms with Gasteiger partial charge in [-0.15, -0.1) is 0 Å². The van der Waals surface area contributed by atoms with Crippen LogP contribution < -0.4 is 52.4 Å². The number of rotatable bonds is 10. The fourth-order valence-electron chi connectivity index (χ4n) is 21.4. The van der Waals surface area contributed by atoms with Gasteiger partial charge in [0.2, 0.25) is 0 Å². The molecule has 0 atom stereocenters. The van der Waals surface area contributed by atoms with Crippen LogP contribution in [0, 0.1) is 0 Å². The number of nitrogens with zero attached hydrogens (tertiary/aromatic N) is 5. The molecule has 19 aromatic rings. The summed E-state index contributed by atoms with van der Waals surface area (Å²) in [7, 11) is 0. The fourth-order valence-corrected chi connectivity index (χ4v) is 21.4. The Morgan fingerprint density at radius 2 is 0.512 bits per heavy atom. The molecule has 0 amide bonds. The minimum atomic E-state index is -0.398. The van der Waals surface area contributed by atoms with Gasteiger partial charge in [-0.05, 0) is 170 Å². The molecule has 1 aromatic heterocycles. The maximum absolute atomic E-state index is 2.83. The van der Waals surface area contributed by atoms with Gasteiger partial charge < -0.3 is 24.2 Å². The van der Waals surface area contributed by atoms with Gasteiger partial charge in [0.1, 0.15) is 0 Å². The van der Waals surface area contributed by atoms with Gasteiger partial charge in [-0.25, -0.2) is 0 Å². The minimum Gasteiger partial charge on any atom is -0.310 e. The van der Waals surface area contributed by atoms with Crippen LogP contribution in [0.15, 0.2) is 406 Å². The average Bonchev–Trinajstić information content (AvgIpc) is 0.755. The van der Waals surface area contributed by atoms with Crippen molar-refractivity contribution in [3.8, 4) is 72.4 Å². The van der Waals surface area contributed by atoms with Crippen molar-refractivity contribution in [3.05, 3.63) is 418 Å². The van der Waals surface area contributed by atoms with E-state index in [2.05, 4.69) is 472 Å². The summed E-state index contributed by atoms with van der Waals surface area (Å²) < 4.78 is 2.72. The van der Waals surface area contributed by atoms with Gasteiger partial charge in [-0.3, -0.25) is 0 Å². The average molecular weight is 1570 g/mol. The molecule has 0 bridgehead atoms. The predicted molar refractivity (Wildman–Crippen MR) is 525 cm³/mol. The first kappa shape index (κ1) is 72.1. The Morgan fingerprint density at radius 1 is 0.203 bits per heavy atom. The van der Waals surface area contributed by atoms with E-state index in [0.717, 1.165) is 146 Å². The summed E-state index contributed by atoms with van der Waals surface area (Å²) in [5, 5.41) is 7.13. The van der Waals surface area contributed by atoms with Crippen molar-refractivity contribution in [1.82, 2.24) is 4.57 Å². The highest BCUT2D eigenvalue weighted by molar-refractivity contribution is 7.04. The van der Waals surface area contributed by atoms with Crippen molar-refractivity contribution in [2.45, 2.75) is 52.4 Å². The molecular formula is C116H85B2N5. The van der Waals surface area contributed by atoms with E-state index < -0.39 is 6.71 Å². The lowest BCUT2D eigenvalue weighted by Gasteiger charge is -2.53. The van der Waals surface area contributed by atoms with Crippen LogP contribution in [-0.2, 0) is 10.8 Å². The van der Waals surface area contributed by atoms with Crippen molar-refractivity contribution in [1.29, 1.82) is 0 Å². The van der Waals surface area contributed by atoms with E-state index in [-0.39, 0.29) is 17.5 Å². The molecule has 580 valence electrons. The first-order valence-electron chi connectivity index (χ1n) is 43.3. The maximum atomic E-state index is 2.83. The Kier molecular flexibility index (Phi) is 16.3. The molecule has 24 rings (SSSR count). The van der Waals surface area contributed by atoms with Gasteiger partial charge in [0.15, 0.2) is 0 Å². The third kappa shape index (κ3) is 11.0. The second kappa shape index (κ2) is 27.8. The van der Waals surface area contributed by atoms with Crippen LogP contribution in [0.3, 0.4) is 0 Å². The molecule has 5 aliphatic rings. The number of hydrogen-bond acceptors (Lipinski definition) is 4. The Labute approximate surface area is 719 Å². The van der Waals surface area contributed by atoms with Crippen molar-refractivity contribution < 1.29 is 0 Å². The van der Waals surface area contributed by atoms with E-state index in [0.29, 0.717) is 0 Å². The van der Waals surface area contributed by atoms with Crippen molar-refractivity contribution in [2.24, 2.45) is 0 Å². The van der Waals surface area contributed by atoms with E-state index >= 15 is 0 Å². The summed E-state index contributed by atoms with van der Waals surface area (Å²) in [4.78, 5) is 11.1. The number of hydrogen-bond donors (Lipinski definition) is 0. The number of benzene rings is 18. The van der Waals surface area contributed by atoms with Crippen LogP contribution in [0.2, 0.25) is 0 Å². The number of aromatic nitrogens is 1. The highest BCUT2D eigenvalue weighted by atomic mass is 15.3. The smallest absolute Gasteiger partial charge is 0.257 e. The summed E-state index contributed by atoms with van der Waals surface area (Å²) in [5.74, 6) is 0. The SMILES string of the molecule is CC(C)(C)c1cc2c3c(c1)N(c1c(-c4ccccc4)cccc1-c1ccccc1)c1cc4c(c5c1B3c1c(cccc1N2c1c(-c2ccccc2)cccc1-c1ccccc1)N5c1ccccc1)N(c1c(-c2ccccc2)cccc1-c1ccccc1)c1cc(C(C)(C)C)cc2c1B4c1cccc3c4ccccc4c4ccccc4c4ccccc4n-2c13. The molecular weight excluding hydrogens is 1480 g/mol. The minimum absolute atomic E-state index is 0.360. The van der Waals surface area contributed by atoms with E-state index in [1.807, 2.05) is 0 Å². The van der Waals surface area contributed by atoms with Crippen molar-refractivity contribution in [2.75, 3.05) is 19.6 Å². The van der Waals surface area contributed by atoms with E-state index in [1.165, 1.54) is 81.7 Å². The summed E-state index contributed by atoms with van der Waals surface area (Å²) in [6.45, 7) is 13.7. The van der Waals surface area contributed by atoms with Crippen molar-refractivity contribution >= 4 is 158 Å². The standard InChI is InChI=1S/C116H85B2N5/c1-115(2,3)80-70-101-107-102(71-80)122(110-85(76-43-18-9-19-44-76)60-35-61-86(110)77-45-20-10-21-46-77)104-73-96-113(114-108(104)118(107)105-98(119(114)82-51-26-13-27-52-82)67-38-68-99(105)121(101)109-83(74-39-14-7-15-40-74)58-34-59-84(109)75-41-16-8-17-42-75)123(111-87(78-47-22-11-23-48-78)62-36-63-88(111)79-49-24-12-25-50-79)103-72-81(116(4,5)6)69-100-106(103)117(96)95-65-37-64-94-92-56-31-29-54-90(92)89-53-28-30-55-91(89)93-57-32-33-66-97(93)120(100)112(94)95/h7-73H,1-6H3. The highest BCUT2D eigenvalue weighted by Crippen LogP contribution is 2.61. The Morgan fingerprint density at radius 3 is 0.951 bits per heavy atom. The lowest BCUT2D eigenvalue weighted by atomic mass is 9.30. The fraction of sp³-hybridized carbons (Fsp3) is 0.0690. The monoisotopic (exact) mass is 1570 g/mol. The molecule has 123 heavy (non-hydrogen) atoms. The summed E-state index contributed by atoms with van der Waals surface area (Å²) in [6.07, 6.45) is 0. The van der Waals surface area contributed by atoms with Crippen LogP contribution in [0.1, 0.15) is 52.7 Å². The second-order valence-electron chi connectivity index (χ2n) is 35.7. The molecule has 7 heteroatoms. The largest absolute Gasteiger partial charge is 0.310 e. The lowest BCUT2D eigenvalue weighted by molar-refractivity contribution is 0.590. The Balaban J connectivity index is 0.964. The lowest BCUT2D eigenvalue weighted by Crippen LogP contribution is -2.67. The molecule has 0 spiro atoms. The quantitative estimate of drug-likeness (QED) is 0.127. The molecule has 18 aromatic carbocycles. The molecule has 0 fully saturated rings. The maximum Gasteiger partial charge on any atom is 0.257 e. The highest BCUT2D eigenvalue weighted by Gasteiger charge is 2.55. The van der Waals surface area contributed by atoms with Gasteiger partial charge in [-0.2, -0.15) is 0 Å². The Hall–Kier alpha value is -14.9. The third-order valence-electron chi connectivity index (χ3n) is 26.8. The van der Waals surface area contributed by atoms with Gasteiger partial charge in [0, 0.05) is 95.2 Å². The molecule has 5 nitrogen and oxygen atoms in total. The number of anilines is 12. The van der Waals surface area contributed by atoms with Crippen LogP contribution in [-0.4, -0.2) is 18.0 Å². The molecule has 0 unspecified atom stereocenters. The summed E-state index contributed by atoms with van der Waals surface area (Å²) in [5.41, 5.74) is 39.6. The van der Waals surface area contributed by atoms with Crippen LogP contribution in [0.4, 0.5) is 68.2 Å². The first-order valence-corrected chi connectivity index (χ1v) is 43.3. The zero-order chi connectivity index (χ0) is 82.1. The van der Waals surface area contributed by atoms with Gasteiger partial charge in [0.25, 0.3) is 13.4 Å². The predicted octanol–water partition coefficient (Wildman–Crippen LogP) is 27.3. The molecule has 0 radical (unpaired) electrons. The van der Waals surface area contributed by atoms with Gasteiger partial charge in [0.05, 0.1) is 34.0 Å². The zero-order valence-corrected chi connectivity index (χ0v) is 69.6.